The summed E-state index contributed by atoms with van der Waals surface area (Å²) < 4.78 is 5.41. The molecule has 0 saturated heterocycles. The van der Waals surface area contributed by atoms with Gasteiger partial charge in [-0.15, -0.1) is 0 Å². The molecular weight excluding hydrogens is 166 g/mol. The van der Waals surface area contributed by atoms with E-state index in [0.717, 1.165) is 13.0 Å². The highest BCUT2D eigenvalue weighted by molar-refractivity contribution is 5.75. The molecule has 0 aliphatic heterocycles. The van der Waals surface area contributed by atoms with Gasteiger partial charge in [-0.3, -0.25) is 4.79 Å². The SMILES string of the molecule is CCC(C)OCCC(=O)N(C)CC. The van der Waals surface area contributed by atoms with E-state index in [0.29, 0.717) is 13.0 Å². The summed E-state index contributed by atoms with van der Waals surface area (Å²) in [4.78, 5) is 13.0. The van der Waals surface area contributed by atoms with E-state index in [1.807, 2.05) is 20.9 Å². The molecule has 0 bridgehead atoms. The molecule has 0 heterocycles. The van der Waals surface area contributed by atoms with Crippen LogP contribution in [-0.4, -0.2) is 37.1 Å². The second kappa shape index (κ2) is 6.89. The molecule has 0 aromatic carbocycles. The molecule has 0 radical (unpaired) electrons. The van der Waals surface area contributed by atoms with Crippen LogP contribution in [0.5, 0.6) is 0 Å². The summed E-state index contributed by atoms with van der Waals surface area (Å²) in [6, 6.07) is 0. The van der Waals surface area contributed by atoms with Gasteiger partial charge in [-0.1, -0.05) is 6.92 Å². The Morgan fingerprint density at radius 3 is 2.54 bits per heavy atom. The number of carbonyl (C=O) groups excluding carboxylic acids is 1. The zero-order valence-corrected chi connectivity index (χ0v) is 9.17. The van der Waals surface area contributed by atoms with Crippen LogP contribution >= 0.6 is 0 Å². The molecule has 0 aliphatic carbocycles. The molecule has 1 unspecified atom stereocenters. The predicted octanol–water partition coefficient (Wildman–Crippen LogP) is 1.67. The van der Waals surface area contributed by atoms with Crippen molar-refractivity contribution in [3.63, 3.8) is 0 Å². The largest absolute Gasteiger partial charge is 0.378 e. The standard InChI is InChI=1S/C10H21NO2/c1-5-9(3)13-8-7-10(12)11(4)6-2/h9H,5-8H2,1-4H3. The molecule has 0 aromatic rings. The van der Waals surface area contributed by atoms with Crippen LogP contribution in [0.4, 0.5) is 0 Å². The maximum atomic E-state index is 11.3. The van der Waals surface area contributed by atoms with E-state index in [1.165, 1.54) is 0 Å². The molecule has 0 fully saturated rings. The van der Waals surface area contributed by atoms with Gasteiger partial charge in [-0.05, 0) is 20.3 Å². The first-order valence-electron chi connectivity index (χ1n) is 4.97. The second-order valence-electron chi connectivity index (χ2n) is 3.25. The molecule has 3 nitrogen and oxygen atoms in total. The zero-order valence-electron chi connectivity index (χ0n) is 9.17. The average Bonchev–Trinajstić information content (AvgIpc) is 2.15. The first kappa shape index (κ1) is 12.4. The summed E-state index contributed by atoms with van der Waals surface area (Å²) in [6.07, 6.45) is 1.76. The molecular formula is C10H21NO2. The van der Waals surface area contributed by atoms with Gasteiger partial charge in [0.2, 0.25) is 5.91 Å². The summed E-state index contributed by atoms with van der Waals surface area (Å²) in [6.45, 7) is 7.37. The number of nitrogens with zero attached hydrogens (tertiary/aromatic N) is 1. The zero-order chi connectivity index (χ0) is 10.3. The molecule has 1 amide bonds. The third-order valence-corrected chi connectivity index (χ3v) is 2.19. The van der Waals surface area contributed by atoms with E-state index in [9.17, 15) is 4.79 Å². The van der Waals surface area contributed by atoms with Gasteiger partial charge in [0.25, 0.3) is 0 Å². The van der Waals surface area contributed by atoms with Crippen LogP contribution in [-0.2, 0) is 9.53 Å². The Hall–Kier alpha value is -0.570. The Labute approximate surface area is 81.1 Å². The lowest BCUT2D eigenvalue weighted by atomic mass is 10.3. The van der Waals surface area contributed by atoms with Crippen LogP contribution in [0, 0.1) is 0 Å². The fraction of sp³-hybridized carbons (Fsp3) is 0.900. The van der Waals surface area contributed by atoms with Crippen LogP contribution in [0.1, 0.15) is 33.6 Å². The molecule has 13 heavy (non-hydrogen) atoms. The van der Waals surface area contributed by atoms with Crippen LogP contribution < -0.4 is 0 Å². The van der Waals surface area contributed by atoms with Crippen molar-refractivity contribution >= 4 is 5.91 Å². The molecule has 78 valence electrons. The van der Waals surface area contributed by atoms with Crippen molar-refractivity contribution < 1.29 is 9.53 Å². The van der Waals surface area contributed by atoms with Gasteiger partial charge >= 0.3 is 0 Å². The van der Waals surface area contributed by atoms with Crippen LogP contribution in [0.3, 0.4) is 0 Å². The van der Waals surface area contributed by atoms with E-state index in [-0.39, 0.29) is 12.0 Å². The summed E-state index contributed by atoms with van der Waals surface area (Å²) >= 11 is 0. The summed E-state index contributed by atoms with van der Waals surface area (Å²) in [5.74, 6) is 0.158. The topological polar surface area (TPSA) is 29.5 Å². The lowest BCUT2D eigenvalue weighted by molar-refractivity contribution is -0.131. The number of ether oxygens (including phenoxy) is 1. The molecule has 0 aliphatic rings. The highest BCUT2D eigenvalue weighted by atomic mass is 16.5. The van der Waals surface area contributed by atoms with Crippen molar-refractivity contribution in [3.05, 3.63) is 0 Å². The van der Waals surface area contributed by atoms with E-state index < -0.39 is 0 Å². The first-order valence-corrected chi connectivity index (χ1v) is 4.97. The number of amides is 1. The quantitative estimate of drug-likeness (QED) is 0.633. The molecule has 1 atom stereocenters. The lowest BCUT2D eigenvalue weighted by Gasteiger charge is -2.15. The van der Waals surface area contributed by atoms with Crippen LogP contribution in [0.2, 0.25) is 0 Å². The van der Waals surface area contributed by atoms with Crippen LogP contribution in [0.15, 0.2) is 0 Å². The van der Waals surface area contributed by atoms with Crippen molar-refractivity contribution in [1.29, 1.82) is 0 Å². The fourth-order valence-electron chi connectivity index (χ4n) is 0.832. The van der Waals surface area contributed by atoms with E-state index in [4.69, 9.17) is 4.74 Å². The smallest absolute Gasteiger partial charge is 0.224 e. The molecule has 0 rings (SSSR count). The molecule has 0 aromatic heterocycles. The monoisotopic (exact) mass is 187 g/mol. The van der Waals surface area contributed by atoms with Gasteiger partial charge in [-0.25, -0.2) is 0 Å². The van der Waals surface area contributed by atoms with Gasteiger partial charge in [0.1, 0.15) is 0 Å². The van der Waals surface area contributed by atoms with E-state index in [2.05, 4.69) is 6.92 Å². The van der Waals surface area contributed by atoms with E-state index >= 15 is 0 Å². The van der Waals surface area contributed by atoms with Crippen molar-refractivity contribution in [2.24, 2.45) is 0 Å². The maximum absolute atomic E-state index is 11.3. The fourth-order valence-corrected chi connectivity index (χ4v) is 0.832. The minimum atomic E-state index is 0.158. The third kappa shape index (κ3) is 5.64. The van der Waals surface area contributed by atoms with Crippen molar-refractivity contribution in [3.8, 4) is 0 Å². The number of hydrogen-bond acceptors (Lipinski definition) is 2. The second-order valence-corrected chi connectivity index (χ2v) is 3.25. The molecule has 0 N–H and O–H groups in total. The van der Waals surface area contributed by atoms with Gasteiger partial charge in [-0.2, -0.15) is 0 Å². The summed E-state index contributed by atoms with van der Waals surface area (Å²) in [5, 5.41) is 0. The summed E-state index contributed by atoms with van der Waals surface area (Å²) in [7, 11) is 1.81. The molecule has 0 saturated carbocycles. The van der Waals surface area contributed by atoms with Gasteiger partial charge < -0.3 is 9.64 Å². The minimum Gasteiger partial charge on any atom is -0.378 e. The Morgan fingerprint density at radius 2 is 2.08 bits per heavy atom. The van der Waals surface area contributed by atoms with Gasteiger partial charge in [0.15, 0.2) is 0 Å². The lowest BCUT2D eigenvalue weighted by Crippen LogP contribution is -2.27. The number of rotatable bonds is 6. The van der Waals surface area contributed by atoms with Gasteiger partial charge in [0, 0.05) is 13.6 Å². The Balaban J connectivity index is 3.47. The van der Waals surface area contributed by atoms with Crippen molar-refractivity contribution in [2.75, 3.05) is 20.2 Å². The highest BCUT2D eigenvalue weighted by Gasteiger charge is 2.06. The molecule has 0 spiro atoms. The average molecular weight is 187 g/mol. The van der Waals surface area contributed by atoms with Crippen molar-refractivity contribution in [1.82, 2.24) is 4.90 Å². The van der Waals surface area contributed by atoms with Crippen LogP contribution in [0.25, 0.3) is 0 Å². The summed E-state index contributed by atoms with van der Waals surface area (Å²) in [5.41, 5.74) is 0. The highest BCUT2D eigenvalue weighted by Crippen LogP contribution is 1.98. The normalized spacial score (nSPS) is 12.6. The Morgan fingerprint density at radius 1 is 1.46 bits per heavy atom. The first-order chi connectivity index (χ1) is 6.11. The predicted molar refractivity (Wildman–Crippen MR) is 53.6 cm³/mol. The Kier molecular flexibility index (Phi) is 6.59. The van der Waals surface area contributed by atoms with Gasteiger partial charge in [0.05, 0.1) is 19.1 Å². The van der Waals surface area contributed by atoms with E-state index in [1.54, 1.807) is 4.90 Å². The molecule has 3 heteroatoms. The number of hydrogen-bond donors (Lipinski definition) is 0. The Bertz CT molecular complexity index is 148. The van der Waals surface area contributed by atoms with Crippen molar-refractivity contribution in [2.45, 2.75) is 39.7 Å². The third-order valence-electron chi connectivity index (χ3n) is 2.19. The number of carbonyl (C=O) groups is 1. The maximum Gasteiger partial charge on any atom is 0.224 e. The minimum absolute atomic E-state index is 0.158.